The minimum Gasteiger partial charge on any atom is -0.469 e. The van der Waals surface area contributed by atoms with Gasteiger partial charge in [0.1, 0.15) is 17.7 Å². The number of pyridine rings is 1. The van der Waals surface area contributed by atoms with Gasteiger partial charge in [0.25, 0.3) is 0 Å². The molecule has 156 valence electrons. The highest BCUT2D eigenvalue weighted by atomic mass is 19.1. The molecule has 0 spiro atoms. The molecule has 3 aromatic heterocycles. The molecule has 1 amide bonds. The van der Waals surface area contributed by atoms with Crippen LogP contribution in [-0.2, 0) is 4.79 Å². The minimum atomic E-state index is -0.369. The molecule has 0 unspecified atom stereocenters. The molecule has 1 saturated heterocycles. The SMILES string of the molecule is C[C@@H](Oc1ccc2ncc(-c3ccc(N4CCCC4=O)nc3)n2n1)c1cccc(F)c1. The first-order valence-corrected chi connectivity index (χ1v) is 10.1. The maximum absolute atomic E-state index is 13.5. The number of imidazole rings is 1. The van der Waals surface area contributed by atoms with Gasteiger partial charge in [-0.2, -0.15) is 0 Å². The van der Waals surface area contributed by atoms with Crippen LogP contribution in [0.25, 0.3) is 16.9 Å². The molecular weight excluding hydrogens is 397 g/mol. The first-order chi connectivity index (χ1) is 15.1. The van der Waals surface area contributed by atoms with E-state index in [9.17, 15) is 9.18 Å². The zero-order valence-electron chi connectivity index (χ0n) is 16.9. The van der Waals surface area contributed by atoms with Gasteiger partial charge in [-0.1, -0.05) is 12.1 Å². The van der Waals surface area contributed by atoms with Crippen LogP contribution in [0.15, 0.2) is 60.9 Å². The largest absolute Gasteiger partial charge is 0.469 e. The molecule has 1 aliphatic rings. The first-order valence-electron chi connectivity index (χ1n) is 10.1. The van der Waals surface area contributed by atoms with Crippen LogP contribution in [0.4, 0.5) is 10.2 Å². The van der Waals surface area contributed by atoms with Gasteiger partial charge in [0.05, 0.1) is 11.9 Å². The lowest BCUT2D eigenvalue weighted by atomic mass is 10.1. The number of benzene rings is 1. The van der Waals surface area contributed by atoms with Crippen molar-refractivity contribution in [1.82, 2.24) is 19.6 Å². The molecule has 1 aromatic carbocycles. The van der Waals surface area contributed by atoms with Crippen molar-refractivity contribution in [3.05, 3.63) is 72.3 Å². The Labute approximate surface area is 178 Å². The van der Waals surface area contributed by atoms with Crippen molar-refractivity contribution in [2.75, 3.05) is 11.4 Å². The summed E-state index contributed by atoms with van der Waals surface area (Å²) in [5, 5.41) is 4.56. The number of amides is 1. The van der Waals surface area contributed by atoms with Gasteiger partial charge in [-0.3, -0.25) is 9.69 Å². The Morgan fingerprint density at radius 3 is 2.74 bits per heavy atom. The molecule has 4 aromatic rings. The van der Waals surface area contributed by atoms with E-state index < -0.39 is 0 Å². The fraction of sp³-hybridized carbons (Fsp3) is 0.217. The van der Waals surface area contributed by atoms with Gasteiger partial charge in [0.15, 0.2) is 5.65 Å². The third-order valence-electron chi connectivity index (χ3n) is 5.35. The van der Waals surface area contributed by atoms with Crippen molar-refractivity contribution in [2.45, 2.75) is 25.9 Å². The van der Waals surface area contributed by atoms with Crippen LogP contribution >= 0.6 is 0 Å². The number of halogens is 1. The fourth-order valence-electron chi connectivity index (χ4n) is 3.71. The van der Waals surface area contributed by atoms with Gasteiger partial charge in [0.2, 0.25) is 11.8 Å². The summed E-state index contributed by atoms with van der Waals surface area (Å²) in [6.45, 7) is 2.55. The lowest BCUT2D eigenvalue weighted by Gasteiger charge is -2.15. The fourth-order valence-corrected chi connectivity index (χ4v) is 3.71. The Kier molecular flexibility index (Phi) is 4.82. The molecule has 0 N–H and O–H groups in total. The molecule has 1 aliphatic heterocycles. The number of hydrogen-bond donors (Lipinski definition) is 0. The zero-order valence-corrected chi connectivity index (χ0v) is 16.9. The molecule has 0 saturated carbocycles. The molecule has 5 rings (SSSR count). The normalized spacial score (nSPS) is 14.9. The summed E-state index contributed by atoms with van der Waals surface area (Å²) in [6.07, 6.45) is 4.49. The standard InChI is InChI=1S/C23H20FN5O2/c1-15(16-4-2-5-18(24)12-16)31-22-10-9-21-26-14-19(29(21)27-22)17-7-8-20(25-13-17)28-11-3-6-23(28)30/h2,4-5,7-10,12-15H,3,6,11H2,1H3/t15-/m1/s1. The van der Waals surface area contributed by atoms with Crippen LogP contribution in [0, 0.1) is 5.82 Å². The zero-order chi connectivity index (χ0) is 21.4. The summed E-state index contributed by atoms with van der Waals surface area (Å²) in [6, 6.07) is 13.6. The second-order valence-electron chi connectivity index (χ2n) is 7.45. The van der Waals surface area contributed by atoms with E-state index in [-0.39, 0.29) is 17.8 Å². The summed E-state index contributed by atoms with van der Waals surface area (Å²) in [7, 11) is 0. The smallest absolute Gasteiger partial charge is 0.232 e. The lowest BCUT2D eigenvalue weighted by molar-refractivity contribution is -0.117. The Hall–Kier alpha value is -3.81. The summed E-state index contributed by atoms with van der Waals surface area (Å²) in [5.74, 6) is 0.850. The number of hydrogen-bond acceptors (Lipinski definition) is 5. The Morgan fingerprint density at radius 1 is 1.10 bits per heavy atom. The second kappa shape index (κ2) is 7.79. The lowest BCUT2D eigenvalue weighted by Crippen LogP contribution is -2.24. The molecule has 31 heavy (non-hydrogen) atoms. The second-order valence-corrected chi connectivity index (χ2v) is 7.45. The van der Waals surface area contributed by atoms with E-state index in [0.29, 0.717) is 30.3 Å². The third kappa shape index (κ3) is 3.72. The van der Waals surface area contributed by atoms with Crippen molar-refractivity contribution in [3.63, 3.8) is 0 Å². The summed E-state index contributed by atoms with van der Waals surface area (Å²) >= 11 is 0. The van der Waals surface area contributed by atoms with E-state index in [2.05, 4.69) is 15.1 Å². The molecule has 4 heterocycles. The van der Waals surface area contributed by atoms with E-state index >= 15 is 0 Å². The molecule has 0 bridgehead atoms. The van der Waals surface area contributed by atoms with Crippen molar-refractivity contribution >= 4 is 17.4 Å². The topological polar surface area (TPSA) is 72.6 Å². The van der Waals surface area contributed by atoms with Gasteiger partial charge < -0.3 is 4.74 Å². The van der Waals surface area contributed by atoms with E-state index in [1.165, 1.54) is 12.1 Å². The average molecular weight is 417 g/mol. The van der Waals surface area contributed by atoms with Gasteiger partial charge in [-0.05, 0) is 49.2 Å². The Morgan fingerprint density at radius 2 is 2.00 bits per heavy atom. The molecular formula is C23H20FN5O2. The number of ether oxygens (including phenoxy) is 1. The highest BCUT2D eigenvalue weighted by Gasteiger charge is 2.22. The number of aromatic nitrogens is 4. The number of nitrogens with zero attached hydrogens (tertiary/aromatic N) is 5. The Balaban J connectivity index is 1.42. The van der Waals surface area contributed by atoms with Gasteiger partial charge in [0, 0.05) is 30.8 Å². The van der Waals surface area contributed by atoms with Crippen molar-refractivity contribution in [1.29, 1.82) is 0 Å². The number of carbonyl (C=O) groups excluding carboxylic acids is 1. The number of carbonyl (C=O) groups is 1. The van der Waals surface area contributed by atoms with E-state index in [1.54, 1.807) is 33.9 Å². The number of fused-ring (bicyclic) bond motifs is 1. The average Bonchev–Trinajstić information content (AvgIpc) is 3.40. The third-order valence-corrected chi connectivity index (χ3v) is 5.35. The summed E-state index contributed by atoms with van der Waals surface area (Å²) in [5.41, 5.74) is 2.97. The molecule has 0 radical (unpaired) electrons. The van der Waals surface area contributed by atoms with Crippen LogP contribution in [0.1, 0.15) is 31.4 Å². The van der Waals surface area contributed by atoms with E-state index in [0.717, 1.165) is 23.2 Å². The van der Waals surface area contributed by atoms with Crippen LogP contribution in [0.3, 0.4) is 0 Å². The number of rotatable bonds is 5. The van der Waals surface area contributed by atoms with Crippen molar-refractivity contribution in [2.24, 2.45) is 0 Å². The maximum Gasteiger partial charge on any atom is 0.232 e. The van der Waals surface area contributed by atoms with E-state index in [1.807, 2.05) is 31.2 Å². The highest BCUT2D eigenvalue weighted by molar-refractivity contribution is 5.94. The molecule has 7 nitrogen and oxygen atoms in total. The predicted octanol–water partition coefficient (Wildman–Crippen LogP) is 4.20. The van der Waals surface area contributed by atoms with Crippen molar-refractivity contribution < 1.29 is 13.9 Å². The number of anilines is 1. The predicted molar refractivity (Wildman–Crippen MR) is 113 cm³/mol. The van der Waals surface area contributed by atoms with Gasteiger partial charge in [-0.25, -0.2) is 18.9 Å². The summed E-state index contributed by atoms with van der Waals surface area (Å²) < 4.78 is 21.1. The molecule has 0 aliphatic carbocycles. The monoisotopic (exact) mass is 417 g/mol. The maximum atomic E-state index is 13.5. The van der Waals surface area contributed by atoms with Gasteiger partial charge in [-0.15, -0.1) is 5.10 Å². The van der Waals surface area contributed by atoms with Gasteiger partial charge >= 0.3 is 0 Å². The quantitative estimate of drug-likeness (QED) is 0.487. The molecule has 8 heteroatoms. The first kappa shape index (κ1) is 19.2. The summed E-state index contributed by atoms with van der Waals surface area (Å²) in [4.78, 5) is 22.5. The molecule has 1 fully saturated rings. The van der Waals surface area contributed by atoms with Crippen LogP contribution in [-0.4, -0.2) is 32.0 Å². The van der Waals surface area contributed by atoms with Crippen LogP contribution in [0.2, 0.25) is 0 Å². The minimum absolute atomic E-state index is 0.103. The highest BCUT2D eigenvalue weighted by Crippen LogP contribution is 2.26. The van der Waals surface area contributed by atoms with Crippen LogP contribution in [0.5, 0.6) is 5.88 Å². The molecule has 1 atom stereocenters. The Bertz CT molecular complexity index is 1250. The van der Waals surface area contributed by atoms with Crippen molar-refractivity contribution in [3.8, 4) is 17.1 Å². The van der Waals surface area contributed by atoms with E-state index in [4.69, 9.17) is 4.74 Å². The van der Waals surface area contributed by atoms with Crippen LogP contribution < -0.4 is 9.64 Å².